The van der Waals surface area contributed by atoms with Crippen LogP contribution in [0.5, 0.6) is 0 Å². The normalized spacial score (nSPS) is 11.3. The molecule has 0 fully saturated rings. The number of hydrogen-bond acceptors (Lipinski definition) is 3. The van der Waals surface area contributed by atoms with Crippen LogP contribution in [0.3, 0.4) is 0 Å². The van der Waals surface area contributed by atoms with Gasteiger partial charge < -0.3 is 14.6 Å². The summed E-state index contributed by atoms with van der Waals surface area (Å²) in [5.74, 6) is -2.54. The molecular weight excluding hydrogens is 220 g/mol. The van der Waals surface area contributed by atoms with Crippen LogP contribution in [0.4, 0.5) is 13.6 Å². The predicted octanol–water partition coefficient (Wildman–Crippen LogP) is 1.09. The van der Waals surface area contributed by atoms with Crippen LogP contribution in [0.15, 0.2) is 23.2 Å². The zero-order valence-electron chi connectivity index (χ0n) is 8.37. The highest BCUT2D eigenvalue weighted by atomic mass is 19.1. The minimum atomic E-state index is -1.83. The first-order valence-corrected chi connectivity index (χ1v) is 4.43. The minimum absolute atomic E-state index is 0.0277. The van der Waals surface area contributed by atoms with Crippen molar-refractivity contribution in [1.29, 1.82) is 0 Å². The molecular formula is C10H8F2NO3-. The summed E-state index contributed by atoms with van der Waals surface area (Å²) >= 11 is 0. The van der Waals surface area contributed by atoms with Gasteiger partial charge in [-0.05, 0) is 19.1 Å². The molecule has 0 aliphatic rings. The number of aliphatic imine (C=N–C) groups is 1. The van der Waals surface area contributed by atoms with E-state index in [0.29, 0.717) is 0 Å². The van der Waals surface area contributed by atoms with Gasteiger partial charge in [-0.25, -0.2) is 8.78 Å². The molecule has 6 heteroatoms. The molecule has 0 bridgehead atoms. The Balaban J connectivity index is 3.26. The van der Waals surface area contributed by atoms with Crippen molar-refractivity contribution in [3.05, 3.63) is 35.4 Å². The monoisotopic (exact) mass is 228 g/mol. The molecule has 0 spiro atoms. The van der Waals surface area contributed by atoms with Crippen LogP contribution in [0.25, 0.3) is 0 Å². The van der Waals surface area contributed by atoms with Gasteiger partial charge in [-0.2, -0.15) is 4.99 Å². The van der Waals surface area contributed by atoms with Gasteiger partial charge in [0.1, 0.15) is 17.2 Å². The number of carboxylic acid groups (broad SMARTS) is 1. The Bertz CT molecular complexity index is 412. The van der Waals surface area contributed by atoms with E-state index in [0.717, 1.165) is 18.2 Å². The Kier molecular flexibility index (Phi) is 3.93. The highest BCUT2D eigenvalue weighted by Gasteiger charge is 2.16. The van der Waals surface area contributed by atoms with Gasteiger partial charge in [0.15, 0.2) is 6.09 Å². The maximum Gasteiger partial charge on any atom is 0.228 e. The molecule has 1 rings (SSSR count). The fourth-order valence-electron chi connectivity index (χ4n) is 1.08. The van der Waals surface area contributed by atoms with Crippen LogP contribution in [0, 0.1) is 11.6 Å². The second-order valence-electron chi connectivity index (χ2n) is 2.71. The lowest BCUT2D eigenvalue weighted by Gasteiger charge is -2.09. The number of carbonyl (C=O) groups excluding carboxylic acids is 1. The SMILES string of the molecule is CCO/C(=N/C(=O)[O-])c1c(F)cccc1F. The molecule has 0 aliphatic carbocycles. The smallest absolute Gasteiger partial charge is 0.228 e. The van der Waals surface area contributed by atoms with E-state index in [1.807, 2.05) is 0 Å². The number of ether oxygens (including phenoxy) is 1. The van der Waals surface area contributed by atoms with Crippen LogP contribution in [0.2, 0.25) is 0 Å². The molecule has 0 aromatic heterocycles. The predicted molar refractivity (Wildman–Crippen MR) is 49.9 cm³/mol. The van der Waals surface area contributed by atoms with Gasteiger partial charge in [-0.1, -0.05) is 6.07 Å². The van der Waals surface area contributed by atoms with E-state index in [2.05, 4.69) is 4.99 Å². The lowest BCUT2D eigenvalue weighted by atomic mass is 10.2. The lowest BCUT2D eigenvalue weighted by Crippen LogP contribution is -2.22. The number of carbonyl (C=O) groups is 1. The molecule has 0 saturated carbocycles. The third-order valence-electron chi connectivity index (χ3n) is 1.65. The van der Waals surface area contributed by atoms with E-state index >= 15 is 0 Å². The second-order valence-corrected chi connectivity index (χ2v) is 2.71. The summed E-state index contributed by atoms with van der Waals surface area (Å²) in [5.41, 5.74) is -0.617. The Morgan fingerprint density at radius 3 is 2.44 bits per heavy atom. The largest absolute Gasteiger partial charge is 0.528 e. The quantitative estimate of drug-likeness (QED) is 0.562. The van der Waals surface area contributed by atoms with Crippen molar-refractivity contribution in [2.75, 3.05) is 6.61 Å². The summed E-state index contributed by atoms with van der Waals surface area (Å²) < 4.78 is 31.3. The lowest BCUT2D eigenvalue weighted by molar-refractivity contribution is -0.245. The summed E-state index contributed by atoms with van der Waals surface area (Å²) in [7, 11) is 0. The highest BCUT2D eigenvalue weighted by Crippen LogP contribution is 2.14. The van der Waals surface area contributed by atoms with Gasteiger partial charge in [0.05, 0.1) is 6.61 Å². The molecule has 16 heavy (non-hydrogen) atoms. The van der Waals surface area contributed by atoms with Gasteiger partial charge >= 0.3 is 0 Å². The molecule has 0 aliphatic heterocycles. The van der Waals surface area contributed by atoms with Gasteiger partial charge in [0.2, 0.25) is 5.90 Å². The van der Waals surface area contributed by atoms with Crippen molar-refractivity contribution in [3.63, 3.8) is 0 Å². The van der Waals surface area contributed by atoms with Crippen molar-refractivity contribution < 1.29 is 23.4 Å². The molecule has 4 nitrogen and oxygen atoms in total. The Morgan fingerprint density at radius 1 is 1.44 bits per heavy atom. The van der Waals surface area contributed by atoms with Crippen LogP contribution in [0.1, 0.15) is 12.5 Å². The van der Waals surface area contributed by atoms with Gasteiger partial charge in [0, 0.05) is 0 Å². The first kappa shape index (κ1) is 12.1. The molecule has 0 N–H and O–H groups in total. The van der Waals surface area contributed by atoms with E-state index in [1.165, 1.54) is 6.92 Å². The summed E-state index contributed by atoms with van der Waals surface area (Å²) in [5, 5.41) is 10.3. The first-order valence-electron chi connectivity index (χ1n) is 4.43. The summed E-state index contributed by atoms with van der Waals surface area (Å²) in [6.07, 6.45) is -1.83. The molecule has 0 radical (unpaired) electrons. The number of amides is 1. The molecule has 0 saturated heterocycles. The van der Waals surface area contributed by atoms with Gasteiger partial charge in [-0.3, -0.25) is 0 Å². The second kappa shape index (κ2) is 5.20. The van der Waals surface area contributed by atoms with Crippen molar-refractivity contribution in [3.8, 4) is 0 Å². The van der Waals surface area contributed by atoms with E-state index in [-0.39, 0.29) is 6.61 Å². The van der Waals surface area contributed by atoms with Crippen LogP contribution < -0.4 is 5.11 Å². The summed E-state index contributed by atoms with van der Waals surface area (Å²) in [4.78, 5) is 13.1. The average molecular weight is 228 g/mol. The zero-order valence-corrected chi connectivity index (χ0v) is 8.37. The number of halogens is 2. The third-order valence-corrected chi connectivity index (χ3v) is 1.65. The molecule has 1 aromatic carbocycles. The van der Waals surface area contributed by atoms with E-state index < -0.39 is 29.2 Å². The molecule has 1 aromatic rings. The Morgan fingerprint density at radius 2 is 2.00 bits per heavy atom. The third kappa shape index (κ3) is 2.75. The minimum Gasteiger partial charge on any atom is -0.528 e. The van der Waals surface area contributed by atoms with Crippen molar-refractivity contribution in [1.82, 2.24) is 0 Å². The summed E-state index contributed by atoms with van der Waals surface area (Å²) in [6.45, 7) is 1.56. The van der Waals surface area contributed by atoms with E-state index in [1.54, 1.807) is 0 Å². The topological polar surface area (TPSA) is 61.7 Å². The number of nitrogens with zero attached hydrogens (tertiary/aromatic N) is 1. The molecule has 0 heterocycles. The highest BCUT2D eigenvalue weighted by molar-refractivity contribution is 5.99. The molecule has 0 atom stereocenters. The van der Waals surface area contributed by atoms with Gasteiger partial charge in [0.25, 0.3) is 0 Å². The Labute approximate surface area is 90.2 Å². The van der Waals surface area contributed by atoms with Crippen molar-refractivity contribution in [2.45, 2.75) is 6.92 Å². The number of benzene rings is 1. The van der Waals surface area contributed by atoms with Crippen LogP contribution in [-0.4, -0.2) is 18.6 Å². The van der Waals surface area contributed by atoms with E-state index in [9.17, 15) is 18.7 Å². The average Bonchev–Trinajstić information content (AvgIpc) is 2.16. The fourth-order valence-corrected chi connectivity index (χ4v) is 1.08. The first-order chi connectivity index (χ1) is 7.56. The fraction of sp³-hybridized carbons (Fsp3) is 0.200. The maximum absolute atomic E-state index is 13.3. The number of rotatable bonds is 2. The van der Waals surface area contributed by atoms with Crippen LogP contribution in [-0.2, 0) is 4.74 Å². The van der Waals surface area contributed by atoms with Gasteiger partial charge in [-0.15, -0.1) is 0 Å². The Hall–Kier alpha value is -1.98. The molecule has 86 valence electrons. The maximum atomic E-state index is 13.3. The standard InChI is InChI=1S/C10H9F2NO3/c1-2-16-9(13-10(14)15)8-6(11)4-3-5-7(8)12/h3-5H,2H2,1H3,(H,14,15)/p-1/b13-9+. The number of hydrogen-bond donors (Lipinski definition) is 0. The van der Waals surface area contributed by atoms with Crippen LogP contribution >= 0.6 is 0 Å². The van der Waals surface area contributed by atoms with Crippen molar-refractivity contribution >= 4 is 12.0 Å². The summed E-state index contributed by atoms with van der Waals surface area (Å²) in [6, 6.07) is 3.10. The van der Waals surface area contributed by atoms with Crippen molar-refractivity contribution in [2.24, 2.45) is 4.99 Å². The molecule has 1 amide bonds. The van der Waals surface area contributed by atoms with E-state index in [4.69, 9.17) is 4.74 Å². The molecule has 0 unspecified atom stereocenters. The zero-order chi connectivity index (χ0) is 12.1.